The van der Waals surface area contributed by atoms with E-state index in [1.165, 1.54) is 18.4 Å². The zero-order valence-electron chi connectivity index (χ0n) is 10.2. The molecule has 17 heavy (non-hydrogen) atoms. The largest absolute Gasteiger partial charge is 0.497 e. The van der Waals surface area contributed by atoms with Gasteiger partial charge in [-0.15, -0.1) is 0 Å². The molecule has 2 rings (SSSR count). The van der Waals surface area contributed by atoms with Gasteiger partial charge >= 0.3 is 5.97 Å². The topological polar surface area (TPSA) is 38.8 Å². The lowest BCUT2D eigenvalue weighted by Gasteiger charge is -2.18. The molecule has 0 N–H and O–H groups in total. The van der Waals surface area contributed by atoms with Gasteiger partial charge in [-0.3, -0.25) is 4.79 Å². The number of fused-ring (bicyclic) bond motifs is 1. The molecule has 0 amide bonds. The van der Waals surface area contributed by atoms with Crippen molar-refractivity contribution in [2.45, 2.75) is 12.8 Å². The van der Waals surface area contributed by atoms with Crippen molar-refractivity contribution in [3.8, 4) is 5.75 Å². The molecular formula is C13H17NO3. The maximum Gasteiger partial charge on any atom is 0.307 e. The van der Waals surface area contributed by atoms with Crippen LogP contribution in [0.15, 0.2) is 18.2 Å². The van der Waals surface area contributed by atoms with Gasteiger partial charge in [0.2, 0.25) is 0 Å². The predicted octanol–water partition coefficient (Wildman–Crippen LogP) is 1.62. The van der Waals surface area contributed by atoms with Crippen LogP contribution < -0.4 is 9.64 Å². The SMILES string of the molecule is COC(=O)CCN1CCc2cc(OC)ccc21. The van der Waals surface area contributed by atoms with Crippen molar-refractivity contribution in [3.63, 3.8) is 0 Å². The van der Waals surface area contributed by atoms with E-state index >= 15 is 0 Å². The number of carbonyl (C=O) groups excluding carboxylic acids is 1. The highest BCUT2D eigenvalue weighted by Crippen LogP contribution is 2.31. The number of benzene rings is 1. The van der Waals surface area contributed by atoms with Crippen molar-refractivity contribution in [1.82, 2.24) is 0 Å². The van der Waals surface area contributed by atoms with E-state index < -0.39 is 0 Å². The van der Waals surface area contributed by atoms with Gasteiger partial charge in [-0.25, -0.2) is 0 Å². The van der Waals surface area contributed by atoms with Gasteiger partial charge < -0.3 is 14.4 Å². The molecule has 0 saturated heterocycles. The summed E-state index contributed by atoms with van der Waals surface area (Å²) in [4.78, 5) is 13.3. The molecule has 1 aromatic carbocycles. The summed E-state index contributed by atoms with van der Waals surface area (Å²) in [6, 6.07) is 6.07. The van der Waals surface area contributed by atoms with Crippen LogP contribution in [0.1, 0.15) is 12.0 Å². The van der Waals surface area contributed by atoms with Crippen molar-refractivity contribution in [2.75, 3.05) is 32.2 Å². The first-order valence-electron chi connectivity index (χ1n) is 5.73. The smallest absolute Gasteiger partial charge is 0.307 e. The molecule has 92 valence electrons. The van der Waals surface area contributed by atoms with Gasteiger partial charge in [-0.05, 0) is 30.2 Å². The molecule has 4 nitrogen and oxygen atoms in total. The number of methoxy groups -OCH3 is 2. The summed E-state index contributed by atoms with van der Waals surface area (Å²) in [5.41, 5.74) is 2.49. The van der Waals surface area contributed by atoms with Gasteiger partial charge in [0, 0.05) is 18.8 Å². The molecule has 1 aliphatic heterocycles. The number of nitrogens with zero attached hydrogens (tertiary/aromatic N) is 1. The third-order valence-electron chi connectivity index (χ3n) is 3.09. The molecule has 0 unspecified atom stereocenters. The maximum atomic E-state index is 11.1. The van der Waals surface area contributed by atoms with E-state index in [9.17, 15) is 4.79 Å². The standard InChI is InChI=1S/C13H17NO3/c1-16-11-3-4-12-10(9-11)5-7-14(12)8-6-13(15)17-2/h3-4,9H,5-8H2,1-2H3. The lowest BCUT2D eigenvalue weighted by Crippen LogP contribution is -2.24. The molecule has 1 heterocycles. The van der Waals surface area contributed by atoms with Crippen LogP contribution in [0.3, 0.4) is 0 Å². The minimum Gasteiger partial charge on any atom is -0.497 e. The van der Waals surface area contributed by atoms with Crippen LogP contribution in [0, 0.1) is 0 Å². The van der Waals surface area contributed by atoms with Crippen LogP contribution in [0.2, 0.25) is 0 Å². The lowest BCUT2D eigenvalue weighted by molar-refractivity contribution is -0.140. The van der Waals surface area contributed by atoms with Crippen LogP contribution in [-0.2, 0) is 16.0 Å². The summed E-state index contributed by atoms with van der Waals surface area (Å²) < 4.78 is 9.85. The molecule has 1 aliphatic rings. The minimum absolute atomic E-state index is 0.160. The number of hydrogen-bond acceptors (Lipinski definition) is 4. The molecule has 0 bridgehead atoms. The third kappa shape index (κ3) is 2.52. The molecule has 0 fully saturated rings. The van der Waals surface area contributed by atoms with Gasteiger partial charge in [-0.2, -0.15) is 0 Å². The van der Waals surface area contributed by atoms with E-state index in [1.807, 2.05) is 6.07 Å². The Morgan fingerprint density at radius 1 is 1.41 bits per heavy atom. The van der Waals surface area contributed by atoms with E-state index in [0.29, 0.717) is 13.0 Å². The summed E-state index contributed by atoms with van der Waals surface area (Å²) >= 11 is 0. The summed E-state index contributed by atoms with van der Waals surface area (Å²) in [6.45, 7) is 1.67. The number of anilines is 1. The van der Waals surface area contributed by atoms with E-state index in [0.717, 1.165) is 18.7 Å². The average molecular weight is 235 g/mol. The molecule has 0 atom stereocenters. The first-order chi connectivity index (χ1) is 8.24. The number of rotatable bonds is 4. The fourth-order valence-electron chi connectivity index (χ4n) is 2.13. The summed E-state index contributed by atoms with van der Waals surface area (Å²) in [7, 11) is 3.09. The van der Waals surface area contributed by atoms with Crippen LogP contribution in [0.25, 0.3) is 0 Å². The molecular weight excluding hydrogens is 218 g/mol. The molecule has 1 aromatic rings. The first-order valence-corrected chi connectivity index (χ1v) is 5.73. The molecule has 4 heteroatoms. The molecule has 0 aliphatic carbocycles. The Kier molecular flexibility index (Phi) is 3.52. The van der Waals surface area contributed by atoms with E-state index in [4.69, 9.17) is 4.74 Å². The number of ether oxygens (including phenoxy) is 2. The van der Waals surface area contributed by atoms with Gasteiger partial charge in [0.1, 0.15) is 5.75 Å². The van der Waals surface area contributed by atoms with Crippen LogP contribution >= 0.6 is 0 Å². The third-order valence-corrected chi connectivity index (χ3v) is 3.09. The fourth-order valence-corrected chi connectivity index (χ4v) is 2.13. The van der Waals surface area contributed by atoms with Crippen LogP contribution in [0.5, 0.6) is 5.75 Å². The van der Waals surface area contributed by atoms with Gasteiger partial charge in [0.25, 0.3) is 0 Å². The van der Waals surface area contributed by atoms with E-state index in [-0.39, 0.29) is 5.97 Å². The second-order valence-electron chi connectivity index (χ2n) is 4.06. The highest BCUT2D eigenvalue weighted by Gasteiger charge is 2.19. The van der Waals surface area contributed by atoms with Crippen molar-refractivity contribution >= 4 is 11.7 Å². The number of carbonyl (C=O) groups is 1. The zero-order chi connectivity index (χ0) is 12.3. The number of esters is 1. The van der Waals surface area contributed by atoms with Crippen molar-refractivity contribution in [2.24, 2.45) is 0 Å². The lowest BCUT2D eigenvalue weighted by atomic mass is 10.1. The Labute approximate surface area is 101 Å². The van der Waals surface area contributed by atoms with Crippen molar-refractivity contribution < 1.29 is 14.3 Å². The second-order valence-corrected chi connectivity index (χ2v) is 4.06. The summed E-state index contributed by atoms with van der Waals surface area (Å²) in [5.74, 6) is 0.727. The first kappa shape index (κ1) is 11.8. The predicted molar refractivity (Wildman–Crippen MR) is 65.5 cm³/mol. The van der Waals surface area contributed by atoms with Gasteiger partial charge in [0.05, 0.1) is 20.6 Å². The van der Waals surface area contributed by atoms with Crippen molar-refractivity contribution in [1.29, 1.82) is 0 Å². The van der Waals surface area contributed by atoms with Gasteiger partial charge in [-0.1, -0.05) is 0 Å². The molecule has 0 spiro atoms. The average Bonchev–Trinajstić information content (AvgIpc) is 2.77. The zero-order valence-corrected chi connectivity index (χ0v) is 10.2. The van der Waals surface area contributed by atoms with Crippen LogP contribution in [0.4, 0.5) is 5.69 Å². The maximum absolute atomic E-state index is 11.1. The second kappa shape index (κ2) is 5.08. The molecule has 0 saturated carbocycles. The Bertz CT molecular complexity index is 417. The Morgan fingerprint density at radius 2 is 2.24 bits per heavy atom. The quantitative estimate of drug-likeness (QED) is 0.743. The normalized spacial score (nSPS) is 13.4. The highest BCUT2D eigenvalue weighted by molar-refractivity contribution is 5.70. The van der Waals surface area contributed by atoms with Crippen LogP contribution in [-0.4, -0.2) is 33.3 Å². The Morgan fingerprint density at radius 3 is 2.94 bits per heavy atom. The summed E-state index contributed by atoms with van der Waals surface area (Å²) in [6.07, 6.45) is 1.44. The summed E-state index contributed by atoms with van der Waals surface area (Å²) in [5, 5.41) is 0. The number of hydrogen-bond donors (Lipinski definition) is 0. The van der Waals surface area contributed by atoms with E-state index in [2.05, 4.69) is 21.8 Å². The Balaban J connectivity index is 2.04. The fraction of sp³-hybridized carbons (Fsp3) is 0.462. The Hall–Kier alpha value is -1.71. The minimum atomic E-state index is -0.160. The molecule has 0 radical (unpaired) electrons. The van der Waals surface area contributed by atoms with Gasteiger partial charge in [0.15, 0.2) is 0 Å². The molecule has 0 aromatic heterocycles. The van der Waals surface area contributed by atoms with E-state index in [1.54, 1.807) is 7.11 Å². The highest BCUT2D eigenvalue weighted by atomic mass is 16.5. The van der Waals surface area contributed by atoms with Crippen molar-refractivity contribution in [3.05, 3.63) is 23.8 Å². The monoisotopic (exact) mass is 235 g/mol.